The molecule has 148 valence electrons. The molecule has 1 aliphatic heterocycles. The Balaban J connectivity index is 2.12. The van der Waals surface area contributed by atoms with Crippen LogP contribution < -0.4 is 10.1 Å². The number of morpholine rings is 1. The molecule has 2 amide bonds. The summed E-state index contributed by atoms with van der Waals surface area (Å²) in [6, 6.07) is 6.76. The average Bonchev–Trinajstić information content (AvgIpc) is 2.61. The van der Waals surface area contributed by atoms with Crippen molar-refractivity contribution < 1.29 is 29.0 Å². The summed E-state index contributed by atoms with van der Waals surface area (Å²) in [6.45, 7) is 4.66. The van der Waals surface area contributed by atoms with E-state index in [9.17, 15) is 14.4 Å². The predicted molar refractivity (Wildman–Crippen MR) is 97.4 cm³/mol. The third-order valence-electron chi connectivity index (χ3n) is 4.24. The van der Waals surface area contributed by atoms with Crippen molar-refractivity contribution in [3.8, 4) is 5.75 Å². The minimum Gasteiger partial charge on any atom is -0.494 e. The van der Waals surface area contributed by atoms with Gasteiger partial charge in [0.05, 0.1) is 38.2 Å². The molecule has 8 nitrogen and oxygen atoms in total. The first-order valence-corrected chi connectivity index (χ1v) is 9.00. The minimum atomic E-state index is -0.962. The number of hydrogen-bond acceptors (Lipinski definition) is 5. The molecule has 0 saturated carbocycles. The fraction of sp³-hybridized carbons (Fsp3) is 0.526. The third-order valence-corrected chi connectivity index (χ3v) is 4.24. The molecule has 2 rings (SSSR count). The highest BCUT2D eigenvalue weighted by Gasteiger charge is 2.29. The molecule has 1 fully saturated rings. The van der Waals surface area contributed by atoms with Gasteiger partial charge in [0.2, 0.25) is 11.8 Å². The van der Waals surface area contributed by atoms with Gasteiger partial charge < -0.3 is 24.8 Å². The summed E-state index contributed by atoms with van der Waals surface area (Å²) in [7, 11) is 0. The van der Waals surface area contributed by atoms with Gasteiger partial charge >= 0.3 is 5.97 Å². The monoisotopic (exact) mass is 378 g/mol. The molecule has 2 atom stereocenters. The lowest BCUT2D eigenvalue weighted by molar-refractivity contribution is -0.148. The Labute approximate surface area is 158 Å². The van der Waals surface area contributed by atoms with E-state index in [1.54, 1.807) is 11.0 Å². The van der Waals surface area contributed by atoms with Crippen LogP contribution in [0.4, 0.5) is 0 Å². The van der Waals surface area contributed by atoms with Crippen LogP contribution in [0.1, 0.15) is 38.3 Å². The van der Waals surface area contributed by atoms with E-state index in [4.69, 9.17) is 14.6 Å². The van der Waals surface area contributed by atoms with E-state index in [0.717, 1.165) is 5.56 Å². The zero-order chi connectivity index (χ0) is 19.8. The molecule has 0 aromatic heterocycles. The second-order valence-electron chi connectivity index (χ2n) is 6.36. The van der Waals surface area contributed by atoms with E-state index in [2.05, 4.69) is 5.32 Å². The minimum absolute atomic E-state index is 0.0590. The molecule has 0 unspecified atom stereocenters. The third kappa shape index (κ3) is 6.25. The van der Waals surface area contributed by atoms with E-state index in [1.165, 1.54) is 6.92 Å². The van der Waals surface area contributed by atoms with Gasteiger partial charge in [0.15, 0.2) is 0 Å². The van der Waals surface area contributed by atoms with Gasteiger partial charge in [-0.3, -0.25) is 14.4 Å². The fourth-order valence-electron chi connectivity index (χ4n) is 3.11. The van der Waals surface area contributed by atoms with Crippen LogP contribution in [-0.4, -0.2) is 60.2 Å². The van der Waals surface area contributed by atoms with Crippen molar-refractivity contribution >= 4 is 17.8 Å². The van der Waals surface area contributed by atoms with Crippen LogP contribution in [-0.2, 0) is 19.1 Å². The predicted octanol–water partition coefficient (Wildman–Crippen LogP) is 1.35. The highest BCUT2D eigenvalue weighted by atomic mass is 16.5. The van der Waals surface area contributed by atoms with Crippen molar-refractivity contribution in [1.82, 2.24) is 10.2 Å². The maximum atomic E-state index is 12.8. The van der Waals surface area contributed by atoms with Crippen LogP contribution in [0.5, 0.6) is 5.75 Å². The molecule has 0 radical (unpaired) electrons. The van der Waals surface area contributed by atoms with E-state index < -0.39 is 18.1 Å². The maximum Gasteiger partial charge on any atom is 0.306 e. The number of para-hydroxylation sites is 1. The van der Waals surface area contributed by atoms with Crippen molar-refractivity contribution in [1.29, 1.82) is 0 Å². The number of carbonyl (C=O) groups excluding carboxylic acids is 2. The second-order valence-corrected chi connectivity index (χ2v) is 6.36. The number of nitrogens with zero attached hydrogens (tertiary/aromatic N) is 1. The van der Waals surface area contributed by atoms with Gasteiger partial charge in [-0.15, -0.1) is 0 Å². The topological polar surface area (TPSA) is 105 Å². The number of ether oxygens (including phenoxy) is 2. The number of amides is 2. The van der Waals surface area contributed by atoms with Crippen LogP contribution in [0.25, 0.3) is 0 Å². The van der Waals surface area contributed by atoms with Gasteiger partial charge in [-0.25, -0.2) is 0 Å². The first kappa shape index (κ1) is 20.7. The molecule has 1 heterocycles. The van der Waals surface area contributed by atoms with Crippen LogP contribution in [0.3, 0.4) is 0 Å². The Morgan fingerprint density at radius 2 is 2.11 bits per heavy atom. The number of carbonyl (C=O) groups is 3. The molecular formula is C19H26N2O6. The van der Waals surface area contributed by atoms with Crippen molar-refractivity contribution in [2.24, 2.45) is 0 Å². The van der Waals surface area contributed by atoms with E-state index in [1.807, 2.05) is 25.1 Å². The molecule has 0 spiro atoms. The van der Waals surface area contributed by atoms with E-state index in [-0.39, 0.29) is 31.2 Å². The van der Waals surface area contributed by atoms with Crippen LogP contribution in [0.2, 0.25) is 0 Å². The lowest BCUT2D eigenvalue weighted by Gasteiger charge is -2.33. The molecule has 0 bridgehead atoms. The molecule has 1 aliphatic rings. The molecule has 0 aliphatic carbocycles. The summed E-state index contributed by atoms with van der Waals surface area (Å²) in [5.74, 6) is -0.753. The number of carboxylic acid groups (broad SMARTS) is 1. The lowest BCUT2D eigenvalue weighted by Crippen LogP contribution is -2.47. The van der Waals surface area contributed by atoms with Gasteiger partial charge in [-0.05, 0) is 13.0 Å². The van der Waals surface area contributed by atoms with Crippen molar-refractivity contribution in [2.75, 3.05) is 26.3 Å². The average molecular weight is 378 g/mol. The Morgan fingerprint density at radius 3 is 2.78 bits per heavy atom. The number of aliphatic carboxylic acids is 1. The van der Waals surface area contributed by atoms with Crippen molar-refractivity contribution in [3.05, 3.63) is 29.8 Å². The van der Waals surface area contributed by atoms with Crippen LogP contribution >= 0.6 is 0 Å². The lowest BCUT2D eigenvalue weighted by atomic mass is 10.0. The fourth-order valence-corrected chi connectivity index (χ4v) is 3.11. The van der Waals surface area contributed by atoms with Crippen molar-refractivity contribution in [2.45, 2.75) is 38.8 Å². The Morgan fingerprint density at radius 1 is 1.37 bits per heavy atom. The summed E-state index contributed by atoms with van der Waals surface area (Å²) in [5.41, 5.74) is 0.734. The second kappa shape index (κ2) is 9.91. The van der Waals surface area contributed by atoms with E-state index >= 15 is 0 Å². The number of benzene rings is 1. The summed E-state index contributed by atoms with van der Waals surface area (Å²) in [5, 5.41) is 11.7. The quantitative estimate of drug-likeness (QED) is 0.708. The molecule has 1 saturated heterocycles. The van der Waals surface area contributed by atoms with Gasteiger partial charge in [-0.2, -0.15) is 0 Å². The Kier molecular flexibility index (Phi) is 7.60. The molecule has 27 heavy (non-hydrogen) atoms. The maximum absolute atomic E-state index is 12.8. The zero-order valence-electron chi connectivity index (χ0n) is 15.6. The Bertz CT molecular complexity index is 678. The first-order valence-electron chi connectivity index (χ1n) is 9.00. The van der Waals surface area contributed by atoms with E-state index in [0.29, 0.717) is 25.5 Å². The molecule has 8 heteroatoms. The van der Waals surface area contributed by atoms with Gasteiger partial charge in [0, 0.05) is 25.6 Å². The standard InChI is InChI=1S/C19H26N2O6/c1-3-26-17-7-5-4-6-15(17)16(20-13(2)22)11-18(23)21-8-9-27-14(12-21)10-19(24)25/h4-7,14,16H,3,8-12H2,1-2H3,(H,20,22)(H,24,25)/t14-,16-/m1/s1. The van der Waals surface area contributed by atoms with Crippen molar-refractivity contribution in [3.63, 3.8) is 0 Å². The van der Waals surface area contributed by atoms with Gasteiger partial charge in [-0.1, -0.05) is 18.2 Å². The summed E-state index contributed by atoms with van der Waals surface area (Å²) in [6.07, 6.45) is -0.606. The highest BCUT2D eigenvalue weighted by molar-refractivity contribution is 5.79. The number of nitrogens with one attached hydrogen (secondary N) is 1. The Hall–Kier alpha value is -2.61. The zero-order valence-corrected chi connectivity index (χ0v) is 15.6. The van der Waals surface area contributed by atoms with Crippen LogP contribution in [0, 0.1) is 0 Å². The molecule has 2 N–H and O–H groups in total. The van der Waals surface area contributed by atoms with Gasteiger partial charge in [0.25, 0.3) is 0 Å². The number of rotatable bonds is 8. The highest BCUT2D eigenvalue weighted by Crippen LogP contribution is 2.28. The smallest absolute Gasteiger partial charge is 0.306 e. The molecule has 1 aromatic rings. The summed E-state index contributed by atoms with van der Waals surface area (Å²) < 4.78 is 11.0. The normalized spacial score (nSPS) is 17.9. The molecular weight excluding hydrogens is 352 g/mol. The first-order chi connectivity index (χ1) is 12.9. The summed E-state index contributed by atoms with van der Waals surface area (Å²) in [4.78, 5) is 36.9. The number of carboxylic acids is 1. The SMILES string of the molecule is CCOc1ccccc1[C@@H](CC(=O)N1CCO[C@H](CC(=O)O)C1)NC(C)=O. The van der Waals surface area contributed by atoms with Crippen LogP contribution in [0.15, 0.2) is 24.3 Å². The largest absolute Gasteiger partial charge is 0.494 e. The number of hydrogen-bond donors (Lipinski definition) is 2. The molecule has 1 aromatic carbocycles. The van der Waals surface area contributed by atoms with Gasteiger partial charge in [0.1, 0.15) is 5.75 Å². The summed E-state index contributed by atoms with van der Waals surface area (Å²) >= 11 is 0.